The molecule has 6 nitrogen and oxygen atoms in total. The van der Waals surface area contributed by atoms with E-state index in [4.69, 9.17) is 4.74 Å². The Hall–Kier alpha value is -1.38. The summed E-state index contributed by atoms with van der Waals surface area (Å²) in [6.07, 6.45) is 3.10. The average molecular weight is 392 g/mol. The Kier molecular flexibility index (Phi) is 7.27. The summed E-state index contributed by atoms with van der Waals surface area (Å²) in [5.74, 6) is -0.154. The third-order valence-corrected chi connectivity index (χ3v) is 3.50. The van der Waals surface area contributed by atoms with Gasteiger partial charge < -0.3 is 10.1 Å². The SMILES string of the molecule is COc1ccc(C(=O)NCCCCCI)cc1[N+](=O)[O-]. The molecule has 0 aliphatic rings. The number of nitrogens with zero attached hydrogens (tertiary/aromatic N) is 1. The van der Waals surface area contributed by atoms with Crippen LogP contribution in [0.2, 0.25) is 0 Å². The molecule has 0 atom stereocenters. The Morgan fingerprint density at radius 3 is 2.75 bits per heavy atom. The molecule has 1 rings (SSSR count). The number of halogens is 1. The van der Waals surface area contributed by atoms with E-state index in [1.807, 2.05) is 0 Å². The van der Waals surface area contributed by atoms with Gasteiger partial charge in [-0.3, -0.25) is 14.9 Å². The summed E-state index contributed by atoms with van der Waals surface area (Å²) in [5, 5.41) is 13.6. The number of nitro groups is 1. The predicted octanol–water partition coefficient (Wildman–Crippen LogP) is 2.94. The van der Waals surface area contributed by atoms with Gasteiger partial charge in [0.05, 0.1) is 12.0 Å². The van der Waals surface area contributed by atoms with Crippen LogP contribution in [0.4, 0.5) is 5.69 Å². The summed E-state index contributed by atoms with van der Waals surface area (Å²) >= 11 is 2.32. The molecule has 20 heavy (non-hydrogen) atoms. The highest BCUT2D eigenvalue weighted by molar-refractivity contribution is 14.1. The second kappa shape index (κ2) is 8.72. The number of benzene rings is 1. The number of ether oxygens (including phenoxy) is 1. The molecule has 0 bridgehead atoms. The number of carbonyl (C=O) groups is 1. The summed E-state index contributed by atoms with van der Waals surface area (Å²) in [6.45, 7) is 0.579. The quantitative estimate of drug-likeness (QED) is 0.243. The van der Waals surface area contributed by atoms with Gasteiger partial charge >= 0.3 is 5.69 Å². The maximum Gasteiger partial charge on any atom is 0.311 e. The Balaban J connectivity index is 2.64. The van der Waals surface area contributed by atoms with Crippen LogP contribution in [0, 0.1) is 10.1 Å². The molecule has 0 aromatic heterocycles. The van der Waals surface area contributed by atoms with Crippen LogP contribution in [0.1, 0.15) is 29.6 Å². The molecule has 0 radical (unpaired) electrons. The molecule has 0 saturated carbocycles. The van der Waals surface area contributed by atoms with Crippen LogP contribution in [0.3, 0.4) is 0 Å². The maximum atomic E-state index is 11.9. The minimum atomic E-state index is -0.560. The Labute approximate surface area is 131 Å². The van der Waals surface area contributed by atoms with E-state index in [0.717, 1.165) is 23.7 Å². The van der Waals surface area contributed by atoms with Crippen molar-refractivity contribution >= 4 is 34.2 Å². The van der Waals surface area contributed by atoms with Crippen LogP contribution in [0.15, 0.2) is 18.2 Å². The number of methoxy groups -OCH3 is 1. The van der Waals surface area contributed by atoms with E-state index >= 15 is 0 Å². The number of rotatable bonds is 8. The molecule has 1 aromatic carbocycles. The Bertz CT molecular complexity index is 479. The molecule has 1 N–H and O–H groups in total. The van der Waals surface area contributed by atoms with Gasteiger partial charge in [0.2, 0.25) is 0 Å². The summed E-state index contributed by atoms with van der Waals surface area (Å²) < 4.78 is 6.00. The average Bonchev–Trinajstić information content (AvgIpc) is 2.46. The van der Waals surface area contributed by atoms with Crippen molar-refractivity contribution < 1.29 is 14.5 Å². The second-order valence-electron chi connectivity index (χ2n) is 4.15. The van der Waals surface area contributed by atoms with Gasteiger partial charge in [-0.25, -0.2) is 0 Å². The molecule has 0 fully saturated rings. The van der Waals surface area contributed by atoms with Crippen molar-refractivity contribution in [3.05, 3.63) is 33.9 Å². The first kappa shape index (κ1) is 16.7. The minimum Gasteiger partial charge on any atom is -0.490 e. The Morgan fingerprint density at radius 1 is 1.40 bits per heavy atom. The highest BCUT2D eigenvalue weighted by Gasteiger charge is 2.17. The van der Waals surface area contributed by atoms with E-state index in [1.54, 1.807) is 0 Å². The first-order valence-corrected chi connectivity index (χ1v) is 7.79. The van der Waals surface area contributed by atoms with Crippen LogP contribution in [0.25, 0.3) is 0 Å². The van der Waals surface area contributed by atoms with Gasteiger partial charge in [0.25, 0.3) is 5.91 Å². The molecule has 0 saturated heterocycles. The Morgan fingerprint density at radius 2 is 2.15 bits per heavy atom. The summed E-state index contributed by atoms with van der Waals surface area (Å²) in [6, 6.07) is 4.19. The van der Waals surface area contributed by atoms with Crippen molar-refractivity contribution in [3.8, 4) is 5.75 Å². The fourth-order valence-electron chi connectivity index (χ4n) is 1.67. The number of nitrogens with one attached hydrogen (secondary N) is 1. The normalized spacial score (nSPS) is 10.1. The van der Waals surface area contributed by atoms with Gasteiger partial charge in [0, 0.05) is 18.2 Å². The van der Waals surface area contributed by atoms with Crippen molar-refractivity contribution in [3.63, 3.8) is 0 Å². The number of hydrogen-bond donors (Lipinski definition) is 1. The molecule has 0 aliphatic heterocycles. The van der Waals surface area contributed by atoms with Crippen LogP contribution in [-0.2, 0) is 0 Å². The monoisotopic (exact) mass is 392 g/mol. The summed E-state index contributed by atoms with van der Waals surface area (Å²) in [5.41, 5.74) is 0.0662. The highest BCUT2D eigenvalue weighted by atomic mass is 127. The van der Waals surface area contributed by atoms with Crippen molar-refractivity contribution in [2.24, 2.45) is 0 Å². The lowest BCUT2D eigenvalue weighted by atomic mass is 10.1. The number of carbonyl (C=O) groups excluding carboxylic acids is 1. The van der Waals surface area contributed by atoms with Gasteiger partial charge in [-0.2, -0.15) is 0 Å². The van der Waals surface area contributed by atoms with Gasteiger partial charge in [0.15, 0.2) is 5.75 Å². The van der Waals surface area contributed by atoms with Crippen LogP contribution >= 0.6 is 22.6 Å². The van der Waals surface area contributed by atoms with E-state index in [-0.39, 0.29) is 22.9 Å². The molecular weight excluding hydrogens is 375 g/mol. The van der Waals surface area contributed by atoms with E-state index < -0.39 is 4.92 Å². The van der Waals surface area contributed by atoms with Gasteiger partial charge in [-0.05, 0) is 29.4 Å². The standard InChI is InChI=1S/C13H17IN2O4/c1-20-12-6-5-10(9-11(12)16(18)19)13(17)15-8-4-2-3-7-14/h5-6,9H,2-4,7-8H2,1H3,(H,15,17). The first-order chi connectivity index (χ1) is 9.60. The summed E-state index contributed by atoms with van der Waals surface area (Å²) in [7, 11) is 1.36. The third-order valence-electron chi connectivity index (χ3n) is 2.73. The maximum absolute atomic E-state index is 11.9. The topological polar surface area (TPSA) is 81.5 Å². The first-order valence-electron chi connectivity index (χ1n) is 6.26. The summed E-state index contributed by atoms with van der Waals surface area (Å²) in [4.78, 5) is 22.2. The largest absolute Gasteiger partial charge is 0.490 e. The van der Waals surface area contributed by atoms with E-state index in [2.05, 4.69) is 27.9 Å². The smallest absolute Gasteiger partial charge is 0.311 e. The van der Waals surface area contributed by atoms with Gasteiger partial charge in [-0.15, -0.1) is 0 Å². The van der Waals surface area contributed by atoms with Crippen LogP contribution < -0.4 is 10.1 Å². The number of hydrogen-bond acceptors (Lipinski definition) is 4. The van der Waals surface area contributed by atoms with Crippen LogP contribution in [-0.4, -0.2) is 28.9 Å². The molecule has 7 heteroatoms. The van der Waals surface area contributed by atoms with Gasteiger partial charge in [0.1, 0.15) is 0 Å². The van der Waals surface area contributed by atoms with Crippen LogP contribution in [0.5, 0.6) is 5.75 Å². The third kappa shape index (κ3) is 4.95. The van der Waals surface area contributed by atoms with E-state index in [1.165, 1.54) is 25.3 Å². The second-order valence-corrected chi connectivity index (χ2v) is 5.23. The predicted molar refractivity (Wildman–Crippen MR) is 84.7 cm³/mol. The molecule has 1 aromatic rings. The molecule has 0 unspecified atom stereocenters. The zero-order valence-electron chi connectivity index (χ0n) is 11.2. The lowest BCUT2D eigenvalue weighted by molar-refractivity contribution is -0.385. The van der Waals surface area contributed by atoms with E-state index in [0.29, 0.717) is 6.54 Å². The number of nitro benzene ring substituents is 1. The fourth-order valence-corrected chi connectivity index (χ4v) is 2.21. The van der Waals surface area contributed by atoms with Crippen molar-refractivity contribution in [1.82, 2.24) is 5.32 Å². The number of alkyl halides is 1. The minimum absolute atomic E-state index is 0.147. The van der Waals surface area contributed by atoms with Gasteiger partial charge in [-0.1, -0.05) is 29.0 Å². The molecule has 0 heterocycles. The van der Waals surface area contributed by atoms with E-state index in [9.17, 15) is 14.9 Å². The van der Waals surface area contributed by atoms with Crippen molar-refractivity contribution in [1.29, 1.82) is 0 Å². The number of unbranched alkanes of at least 4 members (excludes halogenated alkanes) is 2. The number of amides is 1. The van der Waals surface area contributed by atoms with Crippen molar-refractivity contribution in [2.75, 3.05) is 18.1 Å². The molecule has 1 amide bonds. The fraction of sp³-hybridized carbons (Fsp3) is 0.462. The molecule has 0 spiro atoms. The lowest BCUT2D eigenvalue weighted by Crippen LogP contribution is -2.24. The molecule has 110 valence electrons. The zero-order valence-corrected chi connectivity index (χ0v) is 13.4. The van der Waals surface area contributed by atoms with Crippen molar-refractivity contribution in [2.45, 2.75) is 19.3 Å². The zero-order chi connectivity index (χ0) is 15.0. The highest BCUT2D eigenvalue weighted by Crippen LogP contribution is 2.27. The molecular formula is C13H17IN2O4. The lowest BCUT2D eigenvalue weighted by Gasteiger charge is -2.06. The molecule has 0 aliphatic carbocycles.